The van der Waals surface area contributed by atoms with Crippen molar-refractivity contribution in [2.75, 3.05) is 39.5 Å². The summed E-state index contributed by atoms with van der Waals surface area (Å²) in [5.41, 5.74) is 0. The molecule has 4 nitrogen and oxygen atoms in total. The van der Waals surface area contributed by atoms with Gasteiger partial charge in [0.2, 0.25) is 0 Å². The summed E-state index contributed by atoms with van der Waals surface area (Å²) < 4.78 is 10.7. The molecule has 4 bridgehead atoms. The molecule has 4 heteroatoms. The molecule has 4 unspecified atom stereocenters. The highest BCUT2D eigenvalue weighted by Crippen LogP contribution is 2.21. The summed E-state index contributed by atoms with van der Waals surface area (Å²) in [7, 11) is 0. The van der Waals surface area contributed by atoms with Gasteiger partial charge in [-0.05, 0) is 31.1 Å². The molecule has 0 radical (unpaired) electrons. The lowest BCUT2D eigenvalue weighted by Crippen LogP contribution is -2.43. The third-order valence-corrected chi connectivity index (χ3v) is 4.21. The Bertz CT molecular complexity index is 225. The summed E-state index contributed by atoms with van der Waals surface area (Å²) in [5, 5.41) is 6.87. The van der Waals surface area contributed by atoms with Crippen LogP contribution in [0.4, 0.5) is 0 Å². The predicted molar refractivity (Wildman–Crippen MR) is 70.3 cm³/mol. The minimum absolute atomic E-state index is 0. The average molecular weight is 244 g/mol. The first-order valence-electron chi connectivity index (χ1n) is 7.02. The van der Waals surface area contributed by atoms with Crippen LogP contribution in [0, 0.1) is 11.8 Å². The van der Waals surface area contributed by atoms with E-state index in [4.69, 9.17) is 9.47 Å². The molecular weight excluding hydrogens is 216 g/mol. The van der Waals surface area contributed by atoms with E-state index in [0.29, 0.717) is 12.1 Å². The largest absolute Gasteiger partial charge is 0.381 e. The lowest BCUT2D eigenvalue weighted by Gasteiger charge is -2.34. The summed E-state index contributed by atoms with van der Waals surface area (Å²) in [6.45, 7) is 6.22. The summed E-state index contributed by atoms with van der Waals surface area (Å²) in [6, 6.07) is 1.38. The van der Waals surface area contributed by atoms with Gasteiger partial charge in [-0.25, -0.2) is 0 Å². The first-order valence-corrected chi connectivity index (χ1v) is 7.02. The van der Waals surface area contributed by atoms with Gasteiger partial charge in [-0.1, -0.05) is 0 Å². The van der Waals surface area contributed by atoms with Crippen molar-refractivity contribution in [2.24, 2.45) is 11.8 Å². The van der Waals surface area contributed by atoms with Crippen LogP contribution in [-0.2, 0) is 9.47 Å². The lowest BCUT2D eigenvalue weighted by atomic mass is 9.90. The molecule has 0 amide bonds. The van der Waals surface area contributed by atoms with Gasteiger partial charge in [-0.2, -0.15) is 0 Å². The average Bonchev–Trinajstić information content (AvgIpc) is 2.69. The van der Waals surface area contributed by atoms with Crippen molar-refractivity contribution in [2.45, 2.75) is 31.3 Å². The number of rotatable bonds is 0. The maximum Gasteiger partial charge on any atom is 0.0620 e. The molecule has 0 saturated carbocycles. The summed E-state index contributed by atoms with van der Waals surface area (Å²) in [5.74, 6) is 1.63. The van der Waals surface area contributed by atoms with Crippen molar-refractivity contribution in [1.29, 1.82) is 0 Å². The van der Waals surface area contributed by atoms with Gasteiger partial charge < -0.3 is 20.1 Å². The molecular formula is C13H28N2O2. The first-order chi connectivity index (χ1) is 8.40. The van der Waals surface area contributed by atoms with Crippen molar-refractivity contribution in [3.05, 3.63) is 0 Å². The molecule has 4 atom stereocenters. The van der Waals surface area contributed by atoms with E-state index in [2.05, 4.69) is 10.6 Å². The Kier molecular flexibility index (Phi) is 3.96. The Labute approximate surface area is 106 Å². The number of nitrogens with one attached hydrogen (secondary N) is 2. The van der Waals surface area contributed by atoms with Crippen LogP contribution in [0.25, 0.3) is 0 Å². The molecule has 2 N–H and O–H groups in total. The molecule has 0 spiro atoms. The van der Waals surface area contributed by atoms with Gasteiger partial charge in [0, 0.05) is 28.0 Å². The molecule has 0 aromatic heterocycles. The molecule has 4 saturated heterocycles. The number of piperidine rings is 1. The topological polar surface area (TPSA) is 42.5 Å². The number of fused-ring (bicyclic) bond motifs is 4. The summed E-state index contributed by atoms with van der Waals surface area (Å²) in [4.78, 5) is 0. The second kappa shape index (κ2) is 5.65. The van der Waals surface area contributed by atoms with Crippen molar-refractivity contribution >= 4 is 0 Å². The normalized spacial score (nSPS) is 43.8. The number of hydrogen-bond donors (Lipinski definition) is 2. The Balaban J connectivity index is 0.000000173. The van der Waals surface area contributed by atoms with E-state index in [0.717, 1.165) is 38.3 Å². The van der Waals surface area contributed by atoms with Crippen molar-refractivity contribution in [1.82, 2.24) is 10.6 Å². The highest BCUT2D eigenvalue weighted by Gasteiger charge is 2.27. The molecule has 102 valence electrons. The zero-order valence-electron chi connectivity index (χ0n) is 10.5. The quantitative estimate of drug-likeness (QED) is 0.663. The fraction of sp³-hybridized carbons (Fsp3) is 1.00. The molecule has 4 fully saturated rings. The van der Waals surface area contributed by atoms with Crippen LogP contribution in [0.15, 0.2) is 0 Å². The van der Waals surface area contributed by atoms with E-state index in [9.17, 15) is 0 Å². The van der Waals surface area contributed by atoms with Crippen molar-refractivity contribution in [3.63, 3.8) is 0 Å². The maximum absolute atomic E-state index is 5.40. The zero-order valence-corrected chi connectivity index (χ0v) is 10.5. The maximum atomic E-state index is 5.40. The van der Waals surface area contributed by atoms with Gasteiger partial charge in [0.15, 0.2) is 0 Å². The van der Waals surface area contributed by atoms with Crippen LogP contribution in [0.2, 0.25) is 0 Å². The second-order valence-electron chi connectivity index (χ2n) is 5.84. The third kappa shape index (κ3) is 3.19. The Hall–Kier alpha value is -0.160. The first kappa shape index (κ1) is 11.9. The van der Waals surface area contributed by atoms with Crippen LogP contribution < -0.4 is 10.6 Å². The van der Waals surface area contributed by atoms with Crippen LogP contribution in [0.5, 0.6) is 0 Å². The van der Waals surface area contributed by atoms with E-state index in [1.54, 1.807) is 0 Å². The molecule has 0 aromatic rings. The Morgan fingerprint density at radius 2 is 1.41 bits per heavy atom. The van der Waals surface area contributed by atoms with E-state index in [1.807, 2.05) is 0 Å². The smallest absolute Gasteiger partial charge is 0.0620 e. The molecule has 0 aromatic carbocycles. The number of ether oxygens (including phenoxy) is 2. The van der Waals surface area contributed by atoms with Gasteiger partial charge in [0.25, 0.3) is 0 Å². The van der Waals surface area contributed by atoms with Crippen LogP contribution in [0.3, 0.4) is 0 Å². The van der Waals surface area contributed by atoms with Gasteiger partial charge in [0.05, 0.1) is 26.4 Å². The molecule has 0 aliphatic carbocycles. The SMILES string of the molecule is C1CC2COCC1N2.C1NCC2COCC1C2.[HH].[HH]. The van der Waals surface area contributed by atoms with Crippen molar-refractivity contribution in [3.8, 4) is 0 Å². The van der Waals surface area contributed by atoms with E-state index < -0.39 is 0 Å². The molecule has 4 aliphatic rings. The predicted octanol–water partition coefficient (Wildman–Crippen LogP) is 0.872. The highest BCUT2D eigenvalue weighted by atomic mass is 16.5. The fourth-order valence-corrected chi connectivity index (χ4v) is 3.30. The molecule has 4 rings (SSSR count). The number of morpholine rings is 1. The van der Waals surface area contributed by atoms with Crippen LogP contribution in [-0.4, -0.2) is 51.6 Å². The second-order valence-corrected chi connectivity index (χ2v) is 5.84. The fourth-order valence-electron chi connectivity index (χ4n) is 3.30. The molecule has 4 aliphatic heterocycles. The van der Waals surface area contributed by atoms with E-state index in [-0.39, 0.29) is 2.85 Å². The lowest BCUT2D eigenvalue weighted by molar-refractivity contribution is -0.00121. The van der Waals surface area contributed by atoms with E-state index in [1.165, 1.54) is 32.4 Å². The summed E-state index contributed by atoms with van der Waals surface area (Å²) >= 11 is 0. The third-order valence-electron chi connectivity index (χ3n) is 4.21. The molecule has 17 heavy (non-hydrogen) atoms. The minimum Gasteiger partial charge on any atom is -0.381 e. The van der Waals surface area contributed by atoms with Crippen LogP contribution >= 0.6 is 0 Å². The van der Waals surface area contributed by atoms with Gasteiger partial charge in [-0.15, -0.1) is 0 Å². The van der Waals surface area contributed by atoms with Crippen LogP contribution in [0.1, 0.15) is 22.1 Å². The molecule has 4 heterocycles. The highest BCUT2D eigenvalue weighted by molar-refractivity contribution is 4.86. The Morgan fingerprint density at radius 1 is 0.824 bits per heavy atom. The Morgan fingerprint density at radius 3 is 1.94 bits per heavy atom. The summed E-state index contributed by atoms with van der Waals surface area (Å²) in [6.07, 6.45) is 4.04. The zero-order chi connectivity index (χ0) is 11.5. The standard InChI is InChI=1S/C7H13NO.C6H11NO.2H2/c1-6-2-8-3-7(1)5-9-4-6;1-2-6-4-8-3-5(1)7-6;;/h6-8H,1-5H2;5-7H,1-4H2;2*1H. The van der Waals surface area contributed by atoms with Gasteiger partial charge >= 0.3 is 0 Å². The van der Waals surface area contributed by atoms with Gasteiger partial charge in [-0.3, -0.25) is 0 Å². The number of hydrogen-bond acceptors (Lipinski definition) is 4. The monoisotopic (exact) mass is 244 g/mol. The van der Waals surface area contributed by atoms with Crippen molar-refractivity contribution < 1.29 is 12.3 Å². The minimum atomic E-state index is 0. The van der Waals surface area contributed by atoms with Gasteiger partial charge in [0.1, 0.15) is 0 Å². The van der Waals surface area contributed by atoms with E-state index >= 15 is 0 Å².